The lowest BCUT2D eigenvalue weighted by atomic mass is 10.3. The minimum absolute atomic E-state index is 0.0582. The third-order valence-corrected chi connectivity index (χ3v) is 4.47. The first-order valence-corrected chi connectivity index (χ1v) is 8.54. The smallest absolute Gasteiger partial charge is 0.243 e. The van der Waals surface area contributed by atoms with Gasteiger partial charge in [-0.1, -0.05) is 12.1 Å². The van der Waals surface area contributed by atoms with Crippen LogP contribution in [-0.4, -0.2) is 66.8 Å². The van der Waals surface area contributed by atoms with Crippen molar-refractivity contribution in [3.63, 3.8) is 0 Å². The molecule has 1 heterocycles. The minimum atomic E-state index is -0.281. The summed E-state index contributed by atoms with van der Waals surface area (Å²) in [7, 11) is 0. The summed E-state index contributed by atoms with van der Waals surface area (Å²) in [4.78, 5) is 38.8. The van der Waals surface area contributed by atoms with Crippen molar-refractivity contribution in [2.75, 3.05) is 44.6 Å². The van der Waals surface area contributed by atoms with Gasteiger partial charge < -0.3 is 15.5 Å². The summed E-state index contributed by atoms with van der Waals surface area (Å²) in [5.41, 5.74) is 0.664. The standard InChI is InChI=1S/C16H21BrN4O3/c1-12(22)21-8-6-20(7-9-21)11-16(24)18-10-15(23)19-14-5-3-2-4-13(14)17/h2-5H,6-11H2,1H3,(H,18,24)(H,19,23). The number of carbonyl (C=O) groups is 3. The number of hydrogen-bond acceptors (Lipinski definition) is 4. The van der Waals surface area contributed by atoms with Crippen LogP contribution in [0.3, 0.4) is 0 Å². The van der Waals surface area contributed by atoms with Gasteiger partial charge in [0.15, 0.2) is 0 Å². The maximum Gasteiger partial charge on any atom is 0.243 e. The molecular formula is C16H21BrN4O3. The zero-order chi connectivity index (χ0) is 17.5. The van der Waals surface area contributed by atoms with Gasteiger partial charge in [0, 0.05) is 37.6 Å². The maximum atomic E-state index is 11.9. The monoisotopic (exact) mass is 396 g/mol. The highest BCUT2D eigenvalue weighted by Gasteiger charge is 2.20. The average molecular weight is 397 g/mol. The Morgan fingerprint density at radius 2 is 1.75 bits per heavy atom. The first-order chi connectivity index (χ1) is 11.5. The Balaban J connectivity index is 1.69. The normalized spacial score (nSPS) is 15.0. The van der Waals surface area contributed by atoms with Crippen LogP contribution in [0.25, 0.3) is 0 Å². The van der Waals surface area contributed by atoms with Crippen molar-refractivity contribution in [3.8, 4) is 0 Å². The van der Waals surface area contributed by atoms with E-state index in [4.69, 9.17) is 0 Å². The molecule has 130 valence electrons. The lowest BCUT2D eigenvalue weighted by molar-refractivity contribution is -0.131. The molecule has 8 heteroatoms. The molecule has 0 spiro atoms. The van der Waals surface area contributed by atoms with Gasteiger partial charge in [0.2, 0.25) is 17.7 Å². The van der Waals surface area contributed by atoms with E-state index in [0.717, 1.165) is 4.47 Å². The van der Waals surface area contributed by atoms with Gasteiger partial charge in [-0.25, -0.2) is 0 Å². The number of amides is 3. The summed E-state index contributed by atoms with van der Waals surface area (Å²) < 4.78 is 0.785. The summed E-state index contributed by atoms with van der Waals surface area (Å²) in [6.07, 6.45) is 0. The molecule has 1 aromatic carbocycles. The molecular weight excluding hydrogens is 376 g/mol. The highest BCUT2D eigenvalue weighted by Crippen LogP contribution is 2.20. The predicted octanol–water partition coefficient (Wildman–Crippen LogP) is 0.668. The van der Waals surface area contributed by atoms with E-state index in [9.17, 15) is 14.4 Å². The largest absolute Gasteiger partial charge is 0.346 e. The summed E-state index contributed by atoms with van der Waals surface area (Å²) in [5, 5.41) is 5.34. The fourth-order valence-corrected chi connectivity index (χ4v) is 2.80. The summed E-state index contributed by atoms with van der Waals surface area (Å²) >= 11 is 3.35. The van der Waals surface area contributed by atoms with Crippen LogP contribution in [0.2, 0.25) is 0 Å². The fraction of sp³-hybridized carbons (Fsp3) is 0.438. The van der Waals surface area contributed by atoms with Crippen molar-refractivity contribution in [1.82, 2.24) is 15.1 Å². The molecule has 0 aromatic heterocycles. The molecule has 2 rings (SSSR count). The van der Waals surface area contributed by atoms with Crippen LogP contribution >= 0.6 is 15.9 Å². The summed E-state index contributed by atoms with van der Waals surface area (Å²) in [6, 6.07) is 7.28. The van der Waals surface area contributed by atoms with E-state index in [1.807, 2.05) is 23.1 Å². The number of anilines is 1. The molecule has 0 radical (unpaired) electrons. The molecule has 24 heavy (non-hydrogen) atoms. The van der Waals surface area contributed by atoms with Crippen LogP contribution in [0.5, 0.6) is 0 Å². The third-order valence-electron chi connectivity index (χ3n) is 3.78. The highest BCUT2D eigenvalue weighted by atomic mass is 79.9. The van der Waals surface area contributed by atoms with Crippen LogP contribution in [0.1, 0.15) is 6.92 Å². The average Bonchev–Trinajstić information content (AvgIpc) is 2.55. The van der Waals surface area contributed by atoms with Crippen molar-refractivity contribution in [1.29, 1.82) is 0 Å². The van der Waals surface area contributed by atoms with Crippen LogP contribution in [-0.2, 0) is 14.4 Å². The first-order valence-electron chi connectivity index (χ1n) is 7.74. The van der Waals surface area contributed by atoms with E-state index in [1.54, 1.807) is 17.9 Å². The number of nitrogens with zero attached hydrogens (tertiary/aromatic N) is 2. The highest BCUT2D eigenvalue weighted by molar-refractivity contribution is 9.10. The number of carbonyl (C=O) groups excluding carboxylic acids is 3. The maximum absolute atomic E-state index is 11.9. The van der Waals surface area contributed by atoms with Gasteiger partial charge in [-0.05, 0) is 28.1 Å². The predicted molar refractivity (Wildman–Crippen MR) is 94.5 cm³/mol. The molecule has 1 saturated heterocycles. The molecule has 7 nitrogen and oxygen atoms in total. The first kappa shape index (κ1) is 18.4. The molecule has 0 atom stereocenters. The number of halogens is 1. The number of para-hydroxylation sites is 1. The summed E-state index contributed by atoms with van der Waals surface area (Å²) in [5.74, 6) is -0.423. The van der Waals surface area contributed by atoms with Crippen molar-refractivity contribution >= 4 is 39.3 Å². The van der Waals surface area contributed by atoms with E-state index >= 15 is 0 Å². The second kappa shape index (κ2) is 8.79. The van der Waals surface area contributed by atoms with Gasteiger partial charge in [-0.2, -0.15) is 0 Å². The van der Waals surface area contributed by atoms with Crippen molar-refractivity contribution in [2.45, 2.75) is 6.92 Å². The SMILES string of the molecule is CC(=O)N1CCN(CC(=O)NCC(=O)Nc2ccccc2Br)CC1. The summed E-state index contributed by atoms with van der Waals surface area (Å²) in [6.45, 7) is 4.29. The molecule has 1 fully saturated rings. The Kier molecular flexibility index (Phi) is 6.74. The number of nitrogens with one attached hydrogen (secondary N) is 2. The van der Waals surface area contributed by atoms with Crippen LogP contribution in [0.15, 0.2) is 28.7 Å². The molecule has 0 unspecified atom stereocenters. The van der Waals surface area contributed by atoms with E-state index < -0.39 is 0 Å². The Bertz CT molecular complexity index is 615. The number of rotatable bonds is 5. The zero-order valence-electron chi connectivity index (χ0n) is 13.5. The van der Waals surface area contributed by atoms with Gasteiger partial charge in [0.25, 0.3) is 0 Å². The Morgan fingerprint density at radius 3 is 2.38 bits per heavy atom. The molecule has 0 bridgehead atoms. The molecule has 2 N–H and O–H groups in total. The Labute approximate surface area is 149 Å². The zero-order valence-corrected chi connectivity index (χ0v) is 15.1. The van der Waals surface area contributed by atoms with Crippen LogP contribution in [0, 0.1) is 0 Å². The van der Waals surface area contributed by atoms with Gasteiger partial charge in [0.1, 0.15) is 0 Å². The van der Waals surface area contributed by atoms with Gasteiger partial charge >= 0.3 is 0 Å². The molecule has 0 saturated carbocycles. The lowest BCUT2D eigenvalue weighted by Gasteiger charge is -2.33. The molecule has 1 aliphatic rings. The Hall–Kier alpha value is -1.93. The van der Waals surface area contributed by atoms with Gasteiger partial charge in [0.05, 0.1) is 18.8 Å². The van der Waals surface area contributed by atoms with Crippen LogP contribution in [0.4, 0.5) is 5.69 Å². The second-order valence-corrected chi connectivity index (χ2v) is 6.44. The number of benzene rings is 1. The third kappa shape index (κ3) is 5.61. The number of piperazine rings is 1. The van der Waals surface area contributed by atoms with E-state index in [1.165, 1.54) is 0 Å². The lowest BCUT2D eigenvalue weighted by Crippen LogP contribution is -2.51. The van der Waals surface area contributed by atoms with Crippen molar-refractivity contribution < 1.29 is 14.4 Å². The quantitative estimate of drug-likeness (QED) is 0.766. The fourth-order valence-electron chi connectivity index (χ4n) is 2.42. The van der Waals surface area contributed by atoms with Gasteiger partial charge in [-0.15, -0.1) is 0 Å². The topological polar surface area (TPSA) is 81.8 Å². The van der Waals surface area contributed by atoms with E-state index in [-0.39, 0.29) is 30.8 Å². The van der Waals surface area contributed by atoms with Crippen molar-refractivity contribution in [3.05, 3.63) is 28.7 Å². The van der Waals surface area contributed by atoms with E-state index in [2.05, 4.69) is 26.6 Å². The molecule has 0 aliphatic carbocycles. The Morgan fingerprint density at radius 1 is 1.08 bits per heavy atom. The number of hydrogen-bond donors (Lipinski definition) is 2. The second-order valence-electron chi connectivity index (χ2n) is 5.59. The van der Waals surface area contributed by atoms with Crippen LogP contribution < -0.4 is 10.6 Å². The molecule has 1 aromatic rings. The minimum Gasteiger partial charge on any atom is -0.346 e. The molecule has 3 amide bonds. The van der Waals surface area contributed by atoms with Crippen molar-refractivity contribution in [2.24, 2.45) is 0 Å². The molecule has 1 aliphatic heterocycles. The van der Waals surface area contributed by atoms with E-state index in [0.29, 0.717) is 31.9 Å². The van der Waals surface area contributed by atoms with Gasteiger partial charge in [-0.3, -0.25) is 19.3 Å².